The molecule has 0 amide bonds. The van der Waals surface area contributed by atoms with Crippen LogP contribution in [0.3, 0.4) is 0 Å². The lowest BCUT2D eigenvalue weighted by atomic mass is 10.1. The molecule has 0 radical (unpaired) electrons. The Morgan fingerprint density at radius 2 is 2.11 bits per heavy atom. The lowest BCUT2D eigenvalue weighted by Crippen LogP contribution is -2.28. The highest BCUT2D eigenvalue weighted by atomic mass is 32.1. The maximum absolute atomic E-state index is 6.04. The smallest absolute Gasteiger partial charge is 0.148 e. The summed E-state index contributed by atoms with van der Waals surface area (Å²) in [7, 11) is 1.68. The van der Waals surface area contributed by atoms with Crippen LogP contribution in [-0.2, 0) is 11.3 Å². The Bertz CT molecular complexity index is 497. The molecule has 2 N–H and O–H groups in total. The van der Waals surface area contributed by atoms with Crippen molar-refractivity contribution in [2.75, 3.05) is 7.11 Å². The Hall–Kier alpha value is -1.36. The highest BCUT2D eigenvalue weighted by Crippen LogP contribution is 2.28. The van der Waals surface area contributed by atoms with Crippen LogP contribution in [0.25, 0.3) is 0 Å². The Morgan fingerprint density at radius 3 is 2.74 bits per heavy atom. The number of methoxy groups -OCH3 is 1. The van der Waals surface area contributed by atoms with Crippen LogP contribution in [0.5, 0.6) is 5.75 Å². The minimum atomic E-state index is -0.113. The van der Waals surface area contributed by atoms with Crippen molar-refractivity contribution in [1.82, 2.24) is 0 Å². The minimum Gasteiger partial charge on any atom is -0.483 e. The monoisotopic (exact) mass is 277 g/mol. The summed E-state index contributed by atoms with van der Waals surface area (Å²) in [4.78, 5) is 1.15. The molecule has 0 fully saturated rings. The summed E-state index contributed by atoms with van der Waals surface area (Å²) in [5.74, 6) is 0.824. The number of thiophene rings is 1. The van der Waals surface area contributed by atoms with Crippen molar-refractivity contribution in [3.8, 4) is 5.75 Å². The molecule has 1 aromatic carbocycles. The van der Waals surface area contributed by atoms with E-state index in [0.717, 1.165) is 16.2 Å². The van der Waals surface area contributed by atoms with E-state index in [1.165, 1.54) is 0 Å². The van der Waals surface area contributed by atoms with Crippen LogP contribution in [0.2, 0.25) is 0 Å². The van der Waals surface area contributed by atoms with E-state index >= 15 is 0 Å². The van der Waals surface area contributed by atoms with Crippen molar-refractivity contribution in [2.45, 2.75) is 25.7 Å². The zero-order valence-corrected chi connectivity index (χ0v) is 12.0. The highest BCUT2D eigenvalue weighted by Gasteiger charge is 2.19. The molecular formula is C15H19NO2S. The predicted octanol–water partition coefficient (Wildman–Crippen LogP) is 3.36. The molecule has 1 aromatic heterocycles. The van der Waals surface area contributed by atoms with Gasteiger partial charge in [0.2, 0.25) is 0 Å². The summed E-state index contributed by atoms with van der Waals surface area (Å²) in [6.07, 6.45) is -0.113. The standard InChI is InChI=1S/C15H19NO2S/c1-11(16)15(14-7-4-8-19-14)18-13-6-3-5-12(9-13)10-17-2/h3-9,11,15H,10,16H2,1-2H3. The second-order valence-corrected chi connectivity index (χ2v) is 5.47. The van der Waals surface area contributed by atoms with Crippen LogP contribution in [0.4, 0.5) is 0 Å². The van der Waals surface area contributed by atoms with Crippen molar-refractivity contribution in [2.24, 2.45) is 5.73 Å². The molecule has 102 valence electrons. The van der Waals surface area contributed by atoms with E-state index in [1.54, 1.807) is 18.4 Å². The first-order valence-electron chi connectivity index (χ1n) is 6.24. The highest BCUT2D eigenvalue weighted by molar-refractivity contribution is 7.10. The fraction of sp³-hybridized carbons (Fsp3) is 0.333. The number of hydrogen-bond acceptors (Lipinski definition) is 4. The minimum absolute atomic E-state index is 0.0651. The SMILES string of the molecule is COCc1cccc(OC(c2cccs2)C(C)N)c1. The zero-order chi connectivity index (χ0) is 13.7. The molecule has 4 heteroatoms. The van der Waals surface area contributed by atoms with Gasteiger partial charge < -0.3 is 15.2 Å². The molecule has 1 heterocycles. The second kappa shape index (κ2) is 6.70. The maximum Gasteiger partial charge on any atom is 0.148 e. The molecule has 3 nitrogen and oxygen atoms in total. The molecule has 0 saturated carbocycles. The Morgan fingerprint density at radius 1 is 1.26 bits per heavy atom. The van der Waals surface area contributed by atoms with Gasteiger partial charge in [-0.25, -0.2) is 0 Å². The van der Waals surface area contributed by atoms with E-state index in [-0.39, 0.29) is 12.1 Å². The quantitative estimate of drug-likeness (QED) is 0.880. The van der Waals surface area contributed by atoms with Crippen molar-refractivity contribution in [3.05, 3.63) is 52.2 Å². The second-order valence-electron chi connectivity index (χ2n) is 4.49. The molecule has 2 unspecified atom stereocenters. The van der Waals surface area contributed by atoms with E-state index in [4.69, 9.17) is 15.2 Å². The fourth-order valence-electron chi connectivity index (χ4n) is 1.90. The first-order chi connectivity index (χ1) is 9.20. The van der Waals surface area contributed by atoms with E-state index in [1.807, 2.05) is 42.6 Å². The van der Waals surface area contributed by atoms with Gasteiger partial charge in [0.15, 0.2) is 0 Å². The Balaban J connectivity index is 2.15. The van der Waals surface area contributed by atoms with Crippen LogP contribution in [0.15, 0.2) is 41.8 Å². The first-order valence-corrected chi connectivity index (χ1v) is 7.12. The van der Waals surface area contributed by atoms with Crippen LogP contribution in [0.1, 0.15) is 23.5 Å². The van der Waals surface area contributed by atoms with Crippen LogP contribution in [0, 0.1) is 0 Å². The summed E-state index contributed by atoms with van der Waals surface area (Å²) in [6, 6.07) is 11.9. The van der Waals surface area contributed by atoms with Gasteiger partial charge in [-0.15, -0.1) is 11.3 Å². The van der Waals surface area contributed by atoms with Crippen molar-refractivity contribution in [3.63, 3.8) is 0 Å². The molecular weight excluding hydrogens is 258 g/mol. The van der Waals surface area contributed by atoms with Crippen LogP contribution < -0.4 is 10.5 Å². The summed E-state index contributed by atoms with van der Waals surface area (Å²) in [5, 5.41) is 2.04. The summed E-state index contributed by atoms with van der Waals surface area (Å²) in [6.45, 7) is 2.54. The third-order valence-electron chi connectivity index (χ3n) is 2.77. The molecule has 2 atom stereocenters. The topological polar surface area (TPSA) is 44.5 Å². The average Bonchev–Trinajstić information content (AvgIpc) is 2.90. The number of benzene rings is 1. The van der Waals surface area contributed by atoms with E-state index in [0.29, 0.717) is 6.61 Å². The first kappa shape index (κ1) is 14.1. The van der Waals surface area contributed by atoms with Gasteiger partial charge in [0, 0.05) is 18.0 Å². The predicted molar refractivity (Wildman–Crippen MR) is 78.5 cm³/mol. The molecule has 0 saturated heterocycles. The van der Waals surface area contributed by atoms with Gasteiger partial charge in [-0.1, -0.05) is 18.2 Å². The molecule has 0 aliphatic rings. The van der Waals surface area contributed by atoms with Gasteiger partial charge in [-0.05, 0) is 36.1 Å². The molecule has 19 heavy (non-hydrogen) atoms. The van der Waals surface area contributed by atoms with Gasteiger partial charge in [0.05, 0.1) is 6.61 Å². The van der Waals surface area contributed by atoms with Crippen molar-refractivity contribution >= 4 is 11.3 Å². The maximum atomic E-state index is 6.04. The molecule has 2 rings (SSSR count). The molecule has 0 aliphatic carbocycles. The van der Waals surface area contributed by atoms with Crippen molar-refractivity contribution in [1.29, 1.82) is 0 Å². The normalized spacial score (nSPS) is 14.1. The third kappa shape index (κ3) is 3.80. The van der Waals surface area contributed by atoms with Gasteiger partial charge in [-0.3, -0.25) is 0 Å². The van der Waals surface area contributed by atoms with Gasteiger partial charge in [0.25, 0.3) is 0 Å². The lowest BCUT2D eigenvalue weighted by Gasteiger charge is -2.21. The fourth-order valence-corrected chi connectivity index (χ4v) is 2.77. The zero-order valence-electron chi connectivity index (χ0n) is 11.2. The van der Waals surface area contributed by atoms with Crippen LogP contribution >= 0.6 is 11.3 Å². The lowest BCUT2D eigenvalue weighted by molar-refractivity contribution is 0.177. The van der Waals surface area contributed by atoms with E-state index in [9.17, 15) is 0 Å². The van der Waals surface area contributed by atoms with Gasteiger partial charge >= 0.3 is 0 Å². The van der Waals surface area contributed by atoms with E-state index in [2.05, 4.69) is 6.07 Å². The number of ether oxygens (including phenoxy) is 2. The number of nitrogens with two attached hydrogens (primary N) is 1. The van der Waals surface area contributed by atoms with E-state index < -0.39 is 0 Å². The average molecular weight is 277 g/mol. The Kier molecular flexibility index (Phi) is 4.96. The summed E-state index contributed by atoms with van der Waals surface area (Å²) >= 11 is 1.66. The number of rotatable bonds is 6. The summed E-state index contributed by atoms with van der Waals surface area (Å²) in [5.41, 5.74) is 7.12. The van der Waals surface area contributed by atoms with Gasteiger partial charge in [0.1, 0.15) is 11.9 Å². The Labute approximate surface area is 118 Å². The largest absolute Gasteiger partial charge is 0.483 e. The molecule has 0 spiro atoms. The van der Waals surface area contributed by atoms with Crippen molar-refractivity contribution < 1.29 is 9.47 Å². The molecule has 2 aromatic rings. The van der Waals surface area contributed by atoms with Gasteiger partial charge in [-0.2, -0.15) is 0 Å². The molecule has 0 bridgehead atoms. The number of hydrogen-bond donors (Lipinski definition) is 1. The summed E-state index contributed by atoms with van der Waals surface area (Å²) < 4.78 is 11.2. The van der Waals surface area contributed by atoms with Crippen LogP contribution in [-0.4, -0.2) is 13.2 Å². The third-order valence-corrected chi connectivity index (χ3v) is 3.71. The molecule has 0 aliphatic heterocycles.